The molecule has 0 saturated heterocycles. The van der Waals surface area contributed by atoms with E-state index in [4.69, 9.17) is 11.5 Å². The molecule has 0 aromatic heterocycles. The van der Waals surface area contributed by atoms with Crippen LogP contribution in [-0.4, -0.2) is 5.66 Å². The van der Waals surface area contributed by atoms with Crippen molar-refractivity contribution in [1.29, 1.82) is 0 Å². The Bertz CT molecular complexity index is 69.3. The summed E-state index contributed by atoms with van der Waals surface area (Å²) in [6.07, 6.45) is 0.993. The molecule has 0 spiro atoms. The van der Waals surface area contributed by atoms with Crippen LogP contribution in [0.4, 0.5) is 0 Å². The molecule has 1 saturated carbocycles. The first-order valence-electron chi connectivity index (χ1n) is 2.21. The molecule has 7 heavy (non-hydrogen) atoms. The van der Waals surface area contributed by atoms with Crippen LogP contribution in [0.25, 0.3) is 0 Å². The Balaban J connectivity index is 0.000000360. The molecule has 0 bridgehead atoms. The maximum Gasteiger partial charge on any atom is 0.0667 e. The highest BCUT2D eigenvalue weighted by Gasteiger charge is 2.43. The highest BCUT2D eigenvalue weighted by atomic mass is 15.0. The van der Waals surface area contributed by atoms with Gasteiger partial charge in [-0.2, -0.15) is 0 Å². The van der Waals surface area contributed by atoms with Gasteiger partial charge in [0.1, 0.15) is 0 Å². The highest BCUT2D eigenvalue weighted by molar-refractivity contribution is 4.99. The molecular weight excluding hydrogens is 90.1 g/mol. The van der Waals surface area contributed by atoms with Crippen molar-refractivity contribution in [2.24, 2.45) is 17.4 Å². The quantitative estimate of drug-likeness (QED) is 0.371. The smallest absolute Gasteiger partial charge is 0.0667 e. The van der Waals surface area contributed by atoms with Gasteiger partial charge in [0.25, 0.3) is 0 Å². The standard InChI is InChI=1S/C4H10N2.H3N/c1-3-2-4(3,5)6;/h3H,2,5-6H2,1H3;1H3. The van der Waals surface area contributed by atoms with Crippen LogP contribution in [0.2, 0.25) is 0 Å². The topological polar surface area (TPSA) is 87.0 Å². The molecule has 0 amide bonds. The van der Waals surface area contributed by atoms with Gasteiger partial charge in [-0.3, -0.25) is 0 Å². The molecule has 1 aliphatic carbocycles. The molecular formula is C4H13N3. The molecule has 7 N–H and O–H groups in total. The predicted octanol–water partition coefficient (Wildman–Crippen LogP) is -0.198. The minimum absolute atomic E-state index is 0. The van der Waals surface area contributed by atoms with E-state index in [9.17, 15) is 0 Å². The summed E-state index contributed by atoms with van der Waals surface area (Å²) in [5.41, 5.74) is 10.5. The van der Waals surface area contributed by atoms with E-state index in [1.165, 1.54) is 0 Å². The second-order valence-corrected chi connectivity index (χ2v) is 2.22. The van der Waals surface area contributed by atoms with Crippen LogP contribution in [0, 0.1) is 5.92 Å². The minimum atomic E-state index is -0.292. The molecule has 0 heterocycles. The Morgan fingerprint density at radius 2 is 1.71 bits per heavy atom. The summed E-state index contributed by atoms with van der Waals surface area (Å²) in [6.45, 7) is 2.06. The van der Waals surface area contributed by atoms with E-state index in [2.05, 4.69) is 6.92 Å². The van der Waals surface area contributed by atoms with Crippen LogP contribution in [0.5, 0.6) is 0 Å². The predicted molar refractivity (Wildman–Crippen MR) is 29.9 cm³/mol. The second-order valence-electron chi connectivity index (χ2n) is 2.22. The molecule has 0 aliphatic heterocycles. The number of nitrogens with two attached hydrogens (primary N) is 2. The summed E-state index contributed by atoms with van der Waals surface area (Å²) in [4.78, 5) is 0. The third-order valence-corrected chi connectivity index (χ3v) is 1.42. The van der Waals surface area contributed by atoms with Crippen molar-refractivity contribution < 1.29 is 0 Å². The van der Waals surface area contributed by atoms with Crippen LogP contribution in [-0.2, 0) is 0 Å². The molecule has 1 rings (SSSR count). The fraction of sp³-hybridized carbons (Fsp3) is 1.00. The van der Waals surface area contributed by atoms with Crippen LogP contribution in [0.3, 0.4) is 0 Å². The van der Waals surface area contributed by atoms with Crippen molar-refractivity contribution in [1.82, 2.24) is 6.15 Å². The van der Waals surface area contributed by atoms with Crippen molar-refractivity contribution in [3.8, 4) is 0 Å². The largest absolute Gasteiger partial charge is 0.344 e. The Morgan fingerprint density at radius 1 is 1.57 bits per heavy atom. The molecule has 3 nitrogen and oxygen atoms in total. The van der Waals surface area contributed by atoms with E-state index in [-0.39, 0.29) is 11.8 Å². The van der Waals surface area contributed by atoms with Crippen molar-refractivity contribution in [2.75, 3.05) is 0 Å². The van der Waals surface area contributed by atoms with E-state index in [1.54, 1.807) is 0 Å². The van der Waals surface area contributed by atoms with Gasteiger partial charge in [0.05, 0.1) is 5.66 Å². The monoisotopic (exact) mass is 103 g/mol. The van der Waals surface area contributed by atoms with E-state index in [1.807, 2.05) is 0 Å². The van der Waals surface area contributed by atoms with Crippen LogP contribution in [0.15, 0.2) is 0 Å². The van der Waals surface area contributed by atoms with Crippen LogP contribution >= 0.6 is 0 Å². The third-order valence-electron chi connectivity index (χ3n) is 1.42. The van der Waals surface area contributed by atoms with Crippen LogP contribution in [0.1, 0.15) is 13.3 Å². The lowest BCUT2D eigenvalue weighted by molar-refractivity contribution is 0.651. The third kappa shape index (κ3) is 1.12. The molecule has 0 aromatic carbocycles. The lowest BCUT2D eigenvalue weighted by Gasteiger charge is -1.94. The summed E-state index contributed by atoms with van der Waals surface area (Å²) < 4.78 is 0. The highest BCUT2D eigenvalue weighted by Crippen LogP contribution is 2.34. The zero-order chi connectivity index (χ0) is 4.78. The van der Waals surface area contributed by atoms with Crippen molar-refractivity contribution in [2.45, 2.75) is 19.0 Å². The fourth-order valence-electron chi connectivity index (χ4n) is 0.471. The van der Waals surface area contributed by atoms with Crippen molar-refractivity contribution in [3.63, 3.8) is 0 Å². The summed E-state index contributed by atoms with van der Waals surface area (Å²) in [5.74, 6) is 0.553. The van der Waals surface area contributed by atoms with E-state index < -0.39 is 0 Å². The van der Waals surface area contributed by atoms with Gasteiger partial charge in [0.2, 0.25) is 0 Å². The molecule has 3 heteroatoms. The van der Waals surface area contributed by atoms with Crippen molar-refractivity contribution >= 4 is 0 Å². The normalized spacial score (nSPS) is 33.9. The summed E-state index contributed by atoms with van der Waals surface area (Å²) in [5, 5.41) is 0. The Labute approximate surface area is 43.6 Å². The van der Waals surface area contributed by atoms with Gasteiger partial charge in [-0.05, 0) is 12.3 Å². The Morgan fingerprint density at radius 3 is 1.71 bits per heavy atom. The molecule has 1 fully saturated rings. The average Bonchev–Trinajstić information content (AvgIpc) is 1.73. The molecule has 44 valence electrons. The Hall–Kier alpha value is -0.120. The first-order valence-corrected chi connectivity index (χ1v) is 2.21. The molecule has 0 aromatic rings. The number of hydrogen-bond donors (Lipinski definition) is 3. The lowest BCUT2D eigenvalue weighted by atomic mass is 10.4. The van der Waals surface area contributed by atoms with Crippen LogP contribution < -0.4 is 17.6 Å². The summed E-state index contributed by atoms with van der Waals surface area (Å²) in [7, 11) is 0. The molecule has 0 radical (unpaired) electrons. The molecule has 1 unspecified atom stereocenters. The summed E-state index contributed by atoms with van der Waals surface area (Å²) in [6, 6.07) is 0. The molecule has 1 aliphatic rings. The van der Waals surface area contributed by atoms with Gasteiger partial charge in [-0.15, -0.1) is 0 Å². The van der Waals surface area contributed by atoms with E-state index in [0.717, 1.165) is 6.42 Å². The lowest BCUT2D eigenvalue weighted by Crippen LogP contribution is -2.34. The van der Waals surface area contributed by atoms with Gasteiger partial charge >= 0.3 is 0 Å². The minimum Gasteiger partial charge on any atom is -0.344 e. The second kappa shape index (κ2) is 1.43. The van der Waals surface area contributed by atoms with Gasteiger partial charge in [0.15, 0.2) is 0 Å². The zero-order valence-electron chi connectivity index (χ0n) is 4.65. The van der Waals surface area contributed by atoms with E-state index in [0.29, 0.717) is 5.92 Å². The maximum absolute atomic E-state index is 5.39. The summed E-state index contributed by atoms with van der Waals surface area (Å²) >= 11 is 0. The van der Waals surface area contributed by atoms with Gasteiger partial charge < -0.3 is 17.6 Å². The Kier molecular flexibility index (Phi) is 1.41. The first kappa shape index (κ1) is 6.88. The van der Waals surface area contributed by atoms with Crippen molar-refractivity contribution in [3.05, 3.63) is 0 Å². The first-order chi connectivity index (χ1) is 2.63. The SMILES string of the molecule is CC1CC1(N)N.N. The zero-order valence-corrected chi connectivity index (χ0v) is 4.65. The number of hydrogen-bond acceptors (Lipinski definition) is 3. The number of rotatable bonds is 0. The molecule has 1 atom stereocenters. The fourth-order valence-corrected chi connectivity index (χ4v) is 0.471. The van der Waals surface area contributed by atoms with Gasteiger partial charge in [-0.25, -0.2) is 0 Å². The van der Waals surface area contributed by atoms with Gasteiger partial charge in [-0.1, -0.05) is 6.92 Å². The van der Waals surface area contributed by atoms with E-state index >= 15 is 0 Å². The average molecular weight is 103 g/mol. The maximum atomic E-state index is 5.39. The van der Waals surface area contributed by atoms with Gasteiger partial charge in [0, 0.05) is 0 Å².